The van der Waals surface area contributed by atoms with Crippen molar-refractivity contribution in [2.45, 2.75) is 18.6 Å². The maximum absolute atomic E-state index is 12.1. The van der Waals surface area contributed by atoms with Crippen molar-refractivity contribution in [3.63, 3.8) is 0 Å². The molecule has 90 valence electrons. The molecule has 0 saturated carbocycles. The number of aliphatic hydroxyl groups excluding tert-OH is 1. The Kier molecular flexibility index (Phi) is 3.90. The maximum Gasteiger partial charge on any atom is 0.525 e. The summed E-state index contributed by atoms with van der Waals surface area (Å²) in [4.78, 5) is 0. The molecule has 0 aliphatic rings. The van der Waals surface area contributed by atoms with E-state index in [0.29, 0.717) is 0 Å². The summed E-state index contributed by atoms with van der Waals surface area (Å²) < 4.78 is 39.9. The van der Waals surface area contributed by atoms with Crippen molar-refractivity contribution in [3.8, 4) is 0 Å². The Morgan fingerprint density at radius 3 is 2.12 bits per heavy atom. The molecular formula is C10H11F3O3. The molecule has 0 bridgehead atoms. The van der Waals surface area contributed by atoms with E-state index >= 15 is 0 Å². The van der Waals surface area contributed by atoms with Crippen LogP contribution in [0.5, 0.6) is 0 Å². The van der Waals surface area contributed by atoms with E-state index in [-0.39, 0.29) is 5.56 Å². The SMILES string of the molecule is OCCC(O)(OC(F)(F)F)c1ccccc1. The Balaban J connectivity index is 2.97. The summed E-state index contributed by atoms with van der Waals surface area (Å²) in [5, 5.41) is 18.4. The minimum absolute atomic E-state index is 0.0543. The molecule has 0 aliphatic heterocycles. The molecule has 0 aliphatic carbocycles. The molecule has 1 atom stereocenters. The van der Waals surface area contributed by atoms with Crippen LogP contribution in [0, 0.1) is 0 Å². The number of aliphatic hydroxyl groups is 2. The van der Waals surface area contributed by atoms with Gasteiger partial charge in [-0.15, -0.1) is 13.2 Å². The highest BCUT2D eigenvalue weighted by Crippen LogP contribution is 2.33. The molecule has 1 aromatic rings. The predicted octanol–water partition coefficient (Wildman–Crippen LogP) is 1.75. The van der Waals surface area contributed by atoms with Crippen LogP contribution in [0.25, 0.3) is 0 Å². The van der Waals surface area contributed by atoms with Gasteiger partial charge in [-0.3, -0.25) is 4.74 Å². The molecular weight excluding hydrogens is 225 g/mol. The van der Waals surface area contributed by atoms with Gasteiger partial charge in [-0.25, -0.2) is 0 Å². The number of hydrogen-bond acceptors (Lipinski definition) is 3. The minimum atomic E-state index is -4.97. The first kappa shape index (κ1) is 13.0. The Hall–Kier alpha value is -1.11. The van der Waals surface area contributed by atoms with Gasteiger partial charge >= 0.3 is 6.36 Å². The summed E-state index contributed by atoms with van der Waals surface area (Å²) >= 11 is 0. The van der Waals surface area contributed by atoms with E-state index in [2.05, 4.69) is 4.74 Å². The van der Waals surface area contributed by atoms with Gasteiger partial charge in [0, 0.05) is 18.6 Å². The summed E-state index contributed by atoms with van der Waals surface area (Å²) in [6.45, 7) is -0.624. The van der Waals surface area contributed by atoms with Gasteiger partial charge in [-0.2, -0.15) is 0 Å². The van der Waals surface area contributed by atoms with Crippen LogP contribution in [0.15, 0.2) is 30.3 Å². The van der Waals surface area contributed by atoms with Gasteiger partial charge in [0.05, 0.1) is 0 Å². The molecule has 2 N–H and O–H groups in total. The highest BCUT2D eigenvalue weighted by atomic mass is 19.4. The Labute approximate surface area is 90.1 Å². The predicted molar refractivity (Wildman–Crippen MR) is 49.2 cm³/mol. The van der Waals surface area contributed by atoms with Crippen LogP contribution in [0.4, 0.5) is 13.2 Å². The summed E-state index contributed by atoms with van der Waals surface area (Å²) in [5.41, 5.74) is -0.0543. The van der Waals surface area contributed by atoms with E-state index in [1.807, 2.05) is 0 Å². The van der Waals surface area contributed by atoms with Gasteiger partial charge in [-0.1, -0.05) is 30.3 Å². The average Bonchev–Trinajstić information content (AvgIpc) is 2.16. The topological polar surface area (TPSA) is 49.7 Å². The Morgan fingerprint density at radius 1 is 1.12 bits per heavy atom. The zero-order valence-corrected chi connectivity index (χ0v) is 8.24. The van der Waals surface area contributed by atoms with Crippen molar-refractivity contribution in [2.75, 3.05) is 6.61 Å². The third kappa shape index (κ3) is 3.48. The molecule has 0 radical (unpaired) electrons. The van der Waals surface area contributed by atoms with Gasteiger partial charge in [0.2, 0.25) is 5.79 Å². The summed E-state index contributed by atoms with van der Waals surface area (Å²) in [6, 6.07) is 7.12. The Bertz CT molecular complexity index is 326. The number of hydrogen-bond donors (Lipinski definition) is 2. The number of rotatable bonds is 4. The summed E-state index contributed by atoms with van der Waals surface area (Å²) in [6.07, 6.45) is -5.53. The molecule has 1 rings (SSSR count). The van der Waals surface area contributed by atoms with Gasteiger partial charge < -0.3 is 10.2 Å². The number of ether oxygens (including phenoxy) is 1. The fourth-order valence-electron chi connectivity index (χ4n) is 1.30. The second-order valence-corrected chi connectivity index (χ2v) is 3.17. The maximum atomic E-state index is 12.1. The molecule has 0 aromatic heterocycles. The molecule has 0 spiro atoms. The first-order valence-electron chi connectivity index (χ1n) is 4.53. The molecule has 3 nitrogen and oxygen atoms in total. The van der Waals surface area contributed by atoms with E-state index in [1.54, 1.807) is 6.07 Å². The average molecular weight is 236 g/mol. The van der Waals surface area contributed by atoms with E-state index < -0.39 is 25.2 Å². The lowest BCUT2D eigenvalue weighted by Crippen LogP contribution is -2.36. The zero-order valence-electron chi connectivity index (χ0n) is 8.24. The quantitative estimate of drug-likeness (QED) is 0.783. The molecule has 0 amide bonds. The molecule has 0 saturated heterocycles. The van der Waals surface area contributed by atoms with Gasteiger partial charge in [0.25, 0.3) is 0 Å². The number of halogens is 3. The lowest BCUT2D eigenvalue weighted by Gasteiger charge is -2.28. The highest BCUT2D eigenvalue weighted by Gasteiger charge is 2.43. The monoisotopic (exact) mass is 236 g/mol. The van der Waals surface area contributed by atoms with Crippen molar-refractivity contribution in [1.29, 1.82) is 0 Å². The second kappa shape index (κ2) is 4.82. The lowest BCUT2D eigenvalue weighted by atomic mass is 10.0. The fraction of sp³-hybridized carbons (Fsp3) is 0.400. The molecule has 16 heavy (non-hydrogen) atoms. The lowest BCUT2D eigenvalue weighted by molar-refractivity contribution is -0.417. The summed E-state index contributed by atoms with van der Waals surface area (Å²) in [7, 11) is 0. The van der Waals surface area contributed by atoms with Crippen molar-refractivity contribution < 1.29 is 28.1 Å². The number of alkyl halides is 3. The molecule has 0 fully saturated rings. The minimum Gasteiger partial charge on any atom is -0.396 e. The van der Waals surface area contributed by atoms with Crippen molar-refractivity contribution in [1.82, 2.24) is 0 Å². The molecule has 0 heterocycles. The van der Waals surface area contributed by atoms with Gasteiger partial charge in [-0.05, 0) is 0 Å². The fourth-order valence-corrected chi connectivity index (χ4v) is 1.30. The summed E-state index contributed by atoms with van der Waals surface area (Å²) in [5.74, 6) is -2.55. The van der Waals surface area contributed by atoms with E-state index in [4.69, 9.17) is 5.11 Å². The van der Waals surface area contributed by atoms with Crippen LogP contribution >= 0.6 is 0 Å². The van der Waals surface area contributed by atoms with Crippen LogP contribution in [0.2, 0.25) is 0 Å². The van der Waals surface area contributed by atoms with Gasteiger partial charge in [0.15, 0.2) is 0 Å². The van der Waals surface area contributed by atoms with Crippen molar-refractivity contribution in [3.05, 3.63) is 35.9 Å². The van der Waals surface area contributed by atoms with Crippen LogP contribution < -0.4 is 0 Å². The smallest absolute Gasteiger partial charge is 0.396 e. The molecule has 1 unspecified atom stereocenters. The zero-order chi connectivity index (χ0) is 12.2. The van der Waals surface area contributed by atoms with Crippen LogP contribution in [-0.2, 0) is 10.5 Å². The molecule has 1 aromatic carbocycles. The standard InChI is InChI=1S/C10H11F3O3/c11-10(12,13)16-9(15,6-7-14)8-4-2-1-3-5-8/h1-5,14-15H,6-7H2. The first-order chi connectivity index (χ1) is 7.37. The largest absolute Gasteiger partial charge is 0.525 e. The van der Waals surface area contributed by atoms with Gasteiger partial charge in [0.1, 0.15) is 0 Å². The van der Waals surface area contributed by atoms with E-state index in [1.165, 1.54) is 24.3 Å². The normalized spacial score (nSPS) is 15.8. The van der Waals surface area contributed by atoms with Crippen LogP contribution in [0.1, 0.15) is 12.0 Å². The van der Waals surface area contributed by atoms with E-state index in [9.17, 15) is 18.3 Å². The third-order valence-corrected chi connectivity index (χ3v) is 1.96. The second-order valence-electron chi connectivity index (χ2n) is 3.17. The highest BCUT2D eigenvalue weighted by molar-refractivity contribution is 5.19. The Morgan fingerprint density at radius 2 is 1.69 bits per heavy atom. The van der Waals surface area contributed by atoms with Crippen molar-refractivity contribution in [2.24, 2.45) is 0 Å². The van der Waals surface area contributed by atoms with Crippen LogP contribution in [-0.4, -0.2) is 23.2 Å². The first-order valence-corrected chi connectivity index (χ1v) is 4.53. The third-order valence-electron chi connectivity index (χ3n) is 1.96. The van der Waals surface area contributed by atoms with Crippen LogP contribution in [0.3, 0.4) is 0 Å². The molecule has 6 heteroatoms. The van der Waals surface area contributed by atoms with Crippen molar-refractivity contribution >= 4 is 0 Å². The number of benzene rings is 1. The van der Waals surface area contributed by atoms with E-state index in [0.717, 1.165) is 0 Å².